The minimum atomic E-state index is -0.440. The molecule has 2 rings (SSSR count). The van der Waals surface area contributed by atoms with Crippen molar-refractivity contribution in [2.75, 3.05) is 12.8 Å². The molecule has 1 aliphatic carbocycles. The molecule has 23 heavy (non-hydrogen) atoms. The summed E-state index contributed by atoms with van der Waals surface area (Å²) in [5.41, 5.74) is 0.353. The van der Waals surface area contributed by atoms with Gasteiger partial charge in [0.25, 0.3) is 0 Å². The number of hydrogen-bond acceptors (Lipinski definition) is 3. The standard InChI is InChI=1S/C18H24FNO2S/c1-12-4-7-15(8-5-12)20(3)18(22)11-23-17-9-6-14(13(2)21)10-16(17)19/h6,9-10,12,15H,4-5,7-8,11H2,1-3H3. The Kier molecular flexibility index (Phi) is 6.22. The summed E-state index contributed by atoms with van der Waals surface area (Å²) in [7, 11) is 1.85. The number of benzene rings is 1. The molecule has 5 heteroatoms. The third-order valence-corrected chi connectivity index (χ3v) is 5.65. The van der Waals surface area contributed by atoms with Gasteiger partial charge in [-0.25, -0.2) is 4.39 Å². The Morgan fingerprint density at radius 2 is 1.91 bits per heavy atom. The molecular weight excluding hydrogens is 313 g/mol. The van der Waals surface area contributed by atoms with Crippen LogP contribution in [0.25, 0.3) is 0 Å². The van der Waals surface area contributed by atoms with Gasteiger partial charge in [0.15, 0.2) is 5.78 Å². The SMILES string of the molecule is CC(=O)c1ccc(SCC(=O)N(C)C2CCC(C)CC2)c(F)c1. The number of thioether (sulfide) groups is 1. The van der Waals surface area contributed by atoms with Crippen molar-refractivity contribution in [3.8, 4) is 0 Å². The van der Waals surface area contributed by atoms with Crippen LogP contribution in [0.5, 0.6) is 0 Å². The van der Waals surface area contributed by atoms with Crippen molar-refractivity contribution < 1.29 is 14.0 Å². The summed E-state index contributed by atoms with van der Waals surface area (Å²) < 4.78 is 14.0. The summed E-state index contributed by atoms with van der Waals surface area (Å²) >= 11 is 1.19. The van der Waals surface area contributed by atoms with E-state index < -0.39 is 5.82 Å². The first-order chi connectivity index (χ1) is 10.9. The monoisotopic (exact) mass is 337 g/mol. The first kappa shape index (κ1) is 18.0. The maximum absolute atomic E-state index is 14.0. The van der Waals surface area contributed by atoms with Crippen LogP contribution in [0.2, 0.25) is 0 Å². The van der Waals surface area contributed by atoms with Gasteiger partial charge in [-0.2, -0.15) is 0 Å². The zero-order valence-electron chi connectivity index (χ0n) is 14.0. The lowest BCUT2D eigenvalue weighted by Crippen LogP contribution is -2.40. The third-order valence-electron chi connectivity index (χ3n) is 4.62. The molecule has 0 radical (unpaired) electrons. The third kappa shape index (κ3) is 4.80. The van der Waals surface area contributed by atoms with Gasteiger partial charge >= 0.3 is 0 Å². The molecule has 1 aromatic carbocycles. The van der Waals surface area contributed by atoms with Crippen LogP contribution >= 0.6 is 11.8 Å². The first-order valence-electron chi connectivity index (χ1n) is 8.07. The van der Waals surface area contributed by atoms with E-state index in [0.29, 0.717) is 16.5 Å². The molecule has 126 valence electrons. The molecule has 0 heterocycles. The fourth-order valence-electron chi connectivity index (χ4n) is 2.91. The lowest BCUT2D eigenvalue weighted by molar-refractivity contribution is -0.129. The highest BCUT2D eigenvalue weighted by atomic mass is 32.2. The largest absolute Gasteiger partial charge is 0.342 e. The van der Waals surface area contributed by atoms with Gasteiger partial charge in [-0.1, -0.05) is 13.0 Å². The highest BCUT2D eigenvalue weighted by Crippen LogP contribution is 2.28. The van der Waals surface area contributed by atoms with Crippen molar-refractivity contribution in [2.24, 2.45) is 5.92 Å². The van der Waals surface area contributed by atoms with Crippen LogP contribution in [0.15, 0.2) is 23.1 Å². The van der Waals surface area contributed by atoms with E-state index in [1.807, 2.05) is 11.9 Å². The Morgan fingerprint density at radius 1 is 1.26 bits per heavy atom. The number of nitrogens with zero attached hydrogens (tertiary/aromatic N) is 1. The molecule has 1 aromatic rings. The highest BCUT2D eigenvalue weighted by molar-refractivity contribution is 8.00. The predicted octanol–water partition coefficient (Wildman–Crippen LogP) is 4.16. The maximum atomic E-state index is 14.0. The zero-order chi connectivity index (χ0) is 17.0. The average molecular weight is 337 g/mol. The summed E-state index contributed by atoms with van der Waals surface area (Å²) in [5.74, 6) is 0.397. The number of rotatable bonds is 5. The molecule has 3 nitrogen and oxygen atoms in total. The van der Waals surface area contributed by atoms with Gasteiger partial charge in [-0.05, 0) is 50.7 Å². The van der Waals surface area contributed by atoms with Crippen molar-refractivity contribution in [1.82, 2.24) is 4.90 Å². The van der Waals surface area contributed by atoms with Crippen LogP contribution in [0.3, 0.4) is 0 Å². The second-order valence-corrected chi connectivity index (χ2v) is 7.43. The minimum absolute atomic E-state index is 0.0320. The van der Waals surface area contributed by atoms with Crippen molar-refractivity contribution in [3.05, 3.63) is 29.6 Å². The Labute approximate surface area is 141 Å². The van der Waals surface area contributed by atoms with Crippen LogP contribution in [0.4, 0.5) is 4.39 Å². The number of carbonyl (C=O) groups excluding carboxylic acids is 2. The van der Waals surface area contributed by atoms with Crippen LogP contribution in [0, 0.1) is 11.7 Å². The molecule has 0 atom stereocenters. The molecular formula is C18H24FNO2S. The Morgan fingerprint density at radius 3 is 2.48 bits per heavy atom. The molecule has 0 unspecified atom stereocenters. The van der Waals surface area contributed by atoms with Gasteiger partial charge < -0.3 is 4.90 Å². The van der Waals surface area contributed by atoms with E-state index in [2.05, 4.69) is 6.92 Å². The quantitative estimate of drug-likeness (QED) is 0.598. The molecule has 0 bridgehead atoms. The van der Waals surface area contributed by atoms with Crippen molar-refractivity contribution in [1.29, 1.82) is 0 Å². The Balaban J connectivity index is 1.90. The van der Waals surface area contributed by atoms with Gasteiger partial charge in [0.05, 0.1) is 5.75 Å². The smallest absolute Gasteiger partial charge is 0.232 e. The van der Waals surface area contributed by atoms with Gasteiger partial charge in [0, 0.05) is 23.5 Å². The van der Waals surface area contributed by atoms with Crippen molar-refractivity contribution >= 4 is 23.5 Å². The summed E-state index contributed by atoms with van der Waals surface area (Å²) in [6.07, 6.45) is 4.43. The van der Waals surface area contributed by atoms with Crippen LogP contribution < -0.4 is 0 Å². The lowest BCUT2D eigenvalue weighted by atomic mass is 9.87. The fourth-order valence-corrected chi connectivity index (χ4v) is 3.76. The fraction of sp³-hybridized carbons (Fsp3) is 0.556. The summed E-state index contributed by atoms with van der Waals surface area (Å²) in [5, 5.41) is 0. The summed E-state index contributed by atoms with van der Waals surface area (Å²) in [6.45, 7) is 3.66. The zero-order valence-corrected chi connectivity index (χ0v) is 14.8. The lowest BCUT2D eigenvalue weighted by Gasteiger charge is -2.33. The van der Waals surface area contributed by atoms with E-state index in [1.165, 1.54) is 24.8 Å². The van der Waals surface area contributed by atoms with Crippen LogP contribution in [0.1, 0.15) is 49.9 Å². The van der Waals surface area contributed by atoms with Gasteiger partial charge in [-0.15, -0.1) is 11.8 Å². The molecule has 1 saturated carbocycles. The number of Topliss-reactive ketones (excluding diaryl/α,β-unsaturated/α-hetero) is 1. The normalized spacial score (nSPS) is 21.0. The van der Waals surface area contributed by atoms with E-state index in [0.717, 1.165) is 31.6 Å². The Bertz CT molecular complexity index is 582. The number of amides is 1. The minimum Gasteiger partial charge on any atom is -0.342 e. The van der Waals surface area contributed by atoms with E-state index in [4.69, 9.17) is 0 Å². The molecule has 1 fully saturated rings. The van der Waals surface area contributed by atoms with Crippen LogP contribution in [-0.2, 0) is 4.79 Å². The molecule has 1 amide bonds. The second kappa shape index (κ2) is 7.95. The predicted molar refractivity (Wildman–Crippen MR) is 91.3 cm³/mol. The Hall–Kier alpha value is -1.36. The molecule has 0 spiro atoms. The summed E-state index contributed by atoms with van der Waals surface area (Å²) in [6, 6.07) is 4.72. The molecule has 0 N–H and O–H groups in total. The van der Waals surface area contributed by atoms with Gasteiger partial charge in [0.2, 0.25) is 5.91 Å². The second-order valence-electron chi connectivity index (χ2n) is 6.41. The van der Waals surface area contributed by atoms with Crippen molar-refractivity contribution in [2.45, 2.75) is 50.5 Å². The van der Waals surface area contributed by atoms with Crippen molar-refractivity contribution in [3.63, 3.8) is 0 Å². The van der Waals surface area contributed by atoms with E-state index in [9.17, 15) is 14.0 Å². The number of ketones is 1. The maximum Gasteiger partial charge on any atom is 0.232 e. The topological polar surface area (TPSA) is 37.4 Å². The van der Waals surface area contributed by atoms with E-state index in [1.54, 1.807) is 12.1 Å². The number of halogens is 1. The molecule has 0 aliphatic heterocycles. The highest BCUT2D eigenvalue weighted by Gasteiger charge is 2.24. The first-order valence-corrected chi connectivity index (χ1v) is 9.06. The van der Waals surface area contributed by atoms with Crippen LogP contribution in [-0.4, -0.2) is 35.4 Å². The van der Waals surface area contributed by atoms with Gasteiger partial charge in [0.1, 0.15) is 5.82 Å². The molecule has 0 aromatic heterocycles. The van der Waals surface area contributed by atoms with Gasteiger partial charge in [-0.3, -0.25) is 9.59 Å². The summed E-state index contributed by atoms with van der Waals surface area (Å²) in [4.78, 5) is 25.8. The van der Waals surface area contributed by atoms with E-state index in [-0.39, 0.29) is 17.4 Å². The molecule has 1 aliphatic rings. The number of hydrogen-bond donors (Lipinski definition) is 0. The number of carbonyl (C=O) groups is 2. The molecule has 0 saturated heterocycles. The van der Waals surface area contributed by atoms with E-state index >= 15 is 0 Å². The average Bonchev–Trinajstić information content (AvgIpc) is 2.53.